The van der Waals surface area contributed by atoms with Crippen molar-refractivity contribution in [2.45, 2.75) is 56.7 Å². The molecule has 6 rings (SSSR count). The molecule has 1 N–H and O–H groups in total. The highest BCUT2D eigenvalue weighted by atomic mass is 32.2. The number of amides is 2. The summed E-state index contributed by atoms with van der Waals surface area (Å²) >= 11 is 1.42. The number of nitrogens with zero attached hydrogens (tertiary/aromatic N) is 7. The van der Waals surface area contributed by atoms with Crippen molar-refractivity contribution in [2.75, 3.05) is 37.8 Å². The highest BCUT2D eigenvalue weighted by Gasteiger charge is 2.30. The van der Waals surface area contributed by atoms with E-state index in [1.165, 1.54) is 46.1 Å². The zero-order valence-corrected chi connectivity index (χ0v) is 26.1. The molecule has 14 heteroatoms. The quantitative estimate of drug-likeness (QED) is 0.258. The third kappa shape index (κ3) is 6.96. The van der Waals surface area contributed by atoms with Gasteiger partial charge < -0.3 is 15.0 Å². The highest BCUT2D eigenvalue weighted by molar-refractivity contribution is 7.98. The van der Waals surface area contributed by atoms with Gasteiger partial charge in [-0.3, -0.25) is 19.2 Å². The summed E-state index contributed by atoms with van der Waals surface area (Å²) < 4.78 is 34.6. The Morgan fingerprint density at radius 3 is 2.76 bits per heavy atom. The molecule has 2 saturated heterocycles. The fraction of sp³-hybridized carbons (Fsp3) is 0.452. The van der Waals surface area contributed by atoms with E-state index in [0.29, 0.717) is 30.7 Å². The molecule has 2 fully saturated rings. The Morgan fingerprint density at radius 2 is 2.00 bits per heavy atom. The minimum atomic E-state index is -3.06. The predicted octanol–water partition coefficient (Wildman–Crippen LogP) is 4.89. The number of halogens is 2. The number of nitrogens with one attached hydrogen (secondary N) is 1. The largest absolute Gasteiger partial charge is 0.434 e. The lowest BCUT2D eigenvalue weighted by Gasteiger charge is -2.41. The Labute approximate surface area is 263 Å². The average Bonchev–Trinajstić information content (AvgIpc) is 3.65. The van der Waals surface area contributed by atoms with E-state index in [-0.39, 0.29) is 40.7 Å². The molecule has 2 aliphatic heterocycles. The number of hydrogen-bond acceptors (Lipinski definition) is 8. The summed E-state index contributed by atoms with van der Waals surface area (Å²) in [6.45, 7) is 2.73. The van der Waals surface area contributed by atoms with E-state index in [4.69, 9.17) is 4.74 Å². The Bertz CT molecular complexity index is 1670. The van der Waals surface area contributed by atoms with Gasteiger partial charge in [0.05, 0.1) is 11.9 Å². The zero-order valence-electron chi connectivity index (χ0n) is 25.2. The Morgan fingerprint density at radius 1 is 1.18 bits per heavy atom. The van der Waals surface area contributed by atoms with Crippen molar-refractivity contribution in [1.82, 2.24) is 34.2 Å². The number of ether oxygens (including phenoxy) is 1. The molecule has 1 aromatic carbocycles. The van der Waals surface area contributed by atoms with Crippen LogP contribution in [-0.2, 0) is 11.3 Å². The molecular formula is C31H36F2N8O3S. The van der Waals surface area contributed by atoms with Gasteiger partial charge in [0.15, 0.2) is 5.65 Å². The van der Waals surface area contributed by atoms with Crippen molar-refractivity contribution in [1.29, 1.82) is 0 Å². The topological polar surface area (TPSA) is 110 Å². The van der Waals surface area contributed by atoms with Crippen LogP contribution in [0.2, 0.25) is 0 Å². The van der Waals surface area contributed by atoms with Crippen molar-refractivity contribution in [3.05, 3.63) is 54.6 Å². The molecule has 4 aromatic rings. The molecule has 0 radical (unpaired) electrons. The van der Waals surface area contributed by atoms with E-state index in [0.717, 1.165) is 30.8 Å². The first-order valence-electron chi connectivity index (χ1n) is 15.1. The molecule has 5 heterocycles. The maximum absolute atomic E-state index is 13.4. The summed E-state index contributed by atoms with van der Waals surface area (Å²) in [4.78, 5) is 36.4. The first-order chi connectivity index (χ1) is 21.8. The van der Waals surface area contributed by atoms with Crippen molar-refractivity contribution in [3.8, 4) is 17.0 Å². The number of carbonyl (C=O) groups is 2. The second-order valence-electron chi connectivity index (χ2n) is 11.6. The molecule has 0 spiro atoms. The van der Waals surface area contributed by atoms with E-state index in [9.17, 15) is 18.4 Å². The minimum absolute atomic E-state index is 0.0696. The summed E-state index contributed by atoms with van der Waals surface area (Å²) in [5.74, 6) is -0.000471. The van der Waals surface area contributed by atoms with Crippen molar-refractivity contribution in [3.63, 3.8) is 0 Å². The van der Waals surface area contributed by atoms with Crippen molar-refractivity contribution >= 4 is 34.9 Å². The van der Waals surface area contributed by atoms with Crippen molar-refractivity contribution < 1.29 is 23.1 Å². The first-order valence-corrected chi connectivity index (χ1v) is 16.3. The second kappa shape index (κ2) is 13.5. The summed E-state index contributed by atoms with van der Waals surface area (Å²) in [5, 5.41) is 11.7. The van der Waals surface area contributed by atoms with Crippen LogP contribution in [0.25, 0.3) is 16.9 Å². The van der Waals surface area contributed by atoms with Gasteiger partial charge in [0.1, 0.15) is 23.6 Å². The van der Waals surface area contributed by atoms with Gasteiger partial charge in [-0.25, -0.2) is 9.50 Å². The van der Waals surface area contributed by atoms with Crippen LogP contribution in [0.3, 0.4) is 0 Å². The van der Waals surface area contributed by atoms with Crippen LogP contribution in [0, 0.1) is 5.92 Å². The fourth-order valence-electron chi connectivity index (χ4n) is 6.27. The SMILES string of the molecule is CSc1ccc(OC(F)F)c(-c2nn(CC(=O)N3CCC(N4CCC[C@H](C)C4)CC3)cc2NC(=O)c2cnn3cccnc23)c1. The summed E-state index contributed by atoms with van der Waals surface area (Å²) in [5.41, 5.74) is 1.27. The molecular weight excluding hydrogens is 602 g/mol. The van der Waals surface area contributed by atoms with Crippen LogP contribution < -0.4 is 10.1 Å². The third-order valence-corrected chi connectivity index (χ3v) is 9.24. The number of fused-ring (bicyclic) bond motifs is 1. The Balaban J connectivity index is 1.25. The molecule has 0 unspecified atom stereocenters. The van der Waals surface area contributed by atoms with Crippen LogP contribution in [0.15, 0.2) is 53.9 Å². The number of aromatic nitrogens is 5. The Hall–Kier alpha value is -4.04. The number of benzene rings is 1. The fourth-order valence-corrected chi connectivity index (χ4v) is 6.71. The number of anilines is 1. The maximum Gasteiger partial charge on any atom is 0.387 e. The second-order valence-corrected chi connectivity index (χ2v) is 12.5. The molecule has 0 saturated carbocycles. The molecule has 11 nitrogen and oxygen atoms in total. The summed E-state index contributed by atoms with van der Waals surface area (Å²) in [6.07, 6.45) is 12.4. The van der Waals surface area contributed by atoms with Gasteiger partial charge in [0.25, 0.3) is 5.91 Å². The standard InChI is InChI=1S/C31H36F2N8O3S/c1-20-5-3-11-39(17-20)21-8-13-38(14-9-21)27(42)19-40-18-25(36-30(43)24-16-35-41-12-4-10-34-29(24)41)28(37-40)23-15-22(45-2)6-7-26(23)44-31(32)33/h4,6-7,10,12,15-16,18,20-21,31H,3,5,8-9,11,13-14,17,19H2,1-2H3,(H,36,43)/t20-/m0/s1. The van der Waals surface area contributed by atoms with Gasteiger partial charge in [0.2, 0.25) is 5.91 Å². The van der Waals surface area contributed by atoms with Crippen LogP contribution in [0.5, 0.6) is 5.75 Å². The van der Waals surface area contributed by atoms with E-state index in [1.807, 2.05) is 11.2 Å². The van der Waals surface area contributed by atoms with Crippen LogP contribution in [0.1, 0.15) is 43.0 Å². The van der Waals surface area contributed by atoms with Gasteiger partial charge in [-0.2, -0.15) is 19.0 Å². The monoisotopic (exact) mass is 638 g/mol. The number of likely N-dealkylation sites (tertiary alicyclic amines) is 2. The number of carbonyl (C=O) groups excluding carboxylic acids is 2. The van der Waals surface area contributed by atoms with Gasteiger partial charge in [-0.1, -0.05) is 6.92 Å². The summed E-state index contributed by atoms with van der Waals surface area (Å²) in [6, 6.07) is 6.98. The van der Waals surface area contributed by atoms with E-state index < -0.39 is 12.5 Å². The molecule has 238 valence electrons. The van der Waals surface area contributed by atoms with Gasteiger partial charge in [-0.15, -0.1) is 11.8 Å². The molecule has 0 bridgehead atoms. The van der Waals surface area contributed by atoms with Crippen LogP contribution in [0.4, 0.5) is 14.5 Å². The number of hydrogen-bond donors (Lipinski definition) is 1. The lowest BCUT2D eigenvalue weighted by Crippen LogP contribution is -2.49. The lowest BCUT2D eigenvalue weighted by molar-refractivity contribution is -0.133. The molecule has 0 aliphatic carbocycles. The molecule has 2 amide bonds. The molecule has 2 aliphatic rings. The third-order valence-electron chi connectivity index (χ3n) is 8.51. The van der Waals surface area contributed by atoms with Gasteiger partial charge in [-0.05, 0) is 68.7 Å². The van der Waals surface area contributed by atoms with Crippen LogP contribution >= 0.6 is 11.8 Å². The van der Waals surface area contributed by atoms with Gasteiger partial charge >= 0.3 is 6.61 Å². The molecule has 1 atom stereocenters. The smallest absolute Gasteiger partial charge is 0.387 e. The minimum Gasteiger partial charge on any atom is -0.434 e. The van der Waals surface area contributed by atoms with E-state index >= 15 is 0 Å². The number of piperidine rings is 2. The summed E-state index contributed by atoms with van der Waals surface area (Å²) in [7, 11) is 0. The van der Waals surface area contributed by atoms with Crippen LogP contribution in [-0.4, -0.2) is 91.1 Å². The number of rotatable bonds is 9. The predicted molar refractivity (Wildman–Crippen MR) is 167 cm³/mol. The first kappa shape index (κ1) is 31.0. The van der Waals surface area contributed by atoms with E-state index in [1.54, 1.807) is 36.8 Å². The molecule has 3 aromatic heterocycles. The van der Waals surface area contributed by atoms with Crippen molar-refractivity contribution in [2.24, 2.45) is 5.92 Å². The lowest BCUT2D eigenvalue weighted by atomic mass is 9.95. The van der Waals surface area contributed by atoms with Gasteiger partial charge in [0, 0.05) is 54.7 Å². The number of thioether (sulfide) groups is 1. The Kier molecular flexibility index (Phi) is 9.31. The zero-order chi connectivity index (χ0) is 31.5. The molecule has 45 heavy (non-hydrogen) atoms. The highest BCUT2D eigenvalue weighted by Crippen LogP contribution is 2.38. The number of alkyl halides is 2. The average molecular weight is 639 g/mol. The maximum atomic E-state index is 13.4. The normalized spacial score (nSPS) is 18.1. The van der Waals surface area contributed by atoms with E-state index in [2.05, 4.69) is 32.3 Å².